The lowest BCUT2D eigenvalue weighted by Gasteiger charge is -2.44. The van der Waals surface area contributed by atoms with Crippen molar-refractivity contribution in [3.8, 4) is 11.5 Å². The number of methoxy groups -OCH3 is 2. The van der Waals surface area contributed by atoms with Crippen molar-refractivity contribution in [2.24, 2.45) is 7.05 Å². The number of carbonyl (C=O) groups excluding carboxylic acids is 2. The molecule has 0 saturated carbocycles. The van der Waals surface area contributed by atoms with Crippen molar-refractivity contribution in [1.82, 2.24) is 24.5 Å². The molecule has 2 saturated heterocycles. The average Bonchev–Trinajstić information content (AvgIpc) is 3.32. The van der Waals surface area contributed by atoms with Gasteiger partial charge in [-0.3, -0.25) is 14.4 Å². The van der Waals surface area contributed by atoms with Crippen LogP contribution in [0, 0.1) is 0 Å². The first kappa shape index (κ1) is 25.3. The Hall–Kier alpha value is -4.01. The lowest BCUT2D eigenvalue weighted by Crippen LogP contribution is -2.54. The van der Waals surface area contributed by atoms with Crippen LogP contribution in [0.1, 0.15) is 54.2 Å². The summed E-state index contributed by atoms with van der Waals surface area (Å²) in [7, 11) is 5.18. The van der Waals surface area contributed by atoms with Crippen molar-refractivity contribution < 1.29 is 19.1 Å². The molecule has 3 aromatic rings. The fourth-order valence-corrected chi connectivity index (χ4v) is 6.87. The molecule has 3 aliphatic heterocycles. The number of piperidine rings is 1. The van der Waals surface area contributed by atoms with Crippen LogP contribution >= 0.6 is 0 Å². The van der Waals surface area contributed by atoms with Gasteiger partial charge >= 0.3 is 6.03 Å². The molecular formula is C30H35N5O4. The molecule has 9 heteroatoms. The van der Waals surface area contributed by atoms with Gasteiger partial charge in [-0.25, -0.2) is 4.79 Å². The monoisotopic (exact) mass is 529 g/mol. The summed E-state index contributed by atoms with van der Waals surface area (Å²) in [6, 6.07) is 11.8. The second kappa shape index (κ2) is 9.32. The van der Waals surface area contributed by atoms with Crippen molar-refractivity contribution in [3.63, 3.8) is 0 Å². The number of likely N-dealkylation sites (N-methyl/N-ethyl adjacent to an activating group) is 1. The van der Waals surface area contributed by atoms with Crippen molar-refractivity contribution in [2.75, 3.05) is 33.9 Å². The third-order valence-corrected chi connectivity index (χ3v) is 8.75. The van der Waals surface area contributed by atoms with E-state index < -0.39 is 5.54 Å². The molecule has 2 fully saturated rings. The molecule has 1 atom stereocenters. The predicted octanol–water partition coefficient (Wildman–Crippen LogP) is 4.52. The summed E-state index contributed by atoms with van der Waals surface area (Å²) in [6.07, 6.45) is 3.59. The van der Waals surface area contributed by atoms with Crippen LogP contribution in [-0.2, 0) is 13.6 Å². The number of benzene rings is 2. The number of hydrogen-bond donors (Lipinski definition) is 0. The topological polar surface area (TPSA) is 80.1 Å². The van der Waals surface area contributed by atoms with Gasteiger partial charge in [-0.05, 0) is 37.5 Å². The number of rotatable bonds is 4. The number of likely N-dealkylation sites (tertiary alicyclic amines) is 1. The lowest BCUT2D eigenvalue weighted by atomic mass is 9.82. The second-order valence-electron chi connectivity index (χ2n) is 10.7. The molecule has 0 N–H and O–H groups in total. The van der Waals surface area contributed by atoms with E-state index in [9.17, 15) is 9.59 Å². The first-order valence-corrected chi connectivity index (χ1v) is 13.6. The third-order valence-electron chi connectivity index (χ3n) is 8.75. The quantitative estimate of drug-likeness (QED) is 0.496. The Labute approximate surface area is 228 Å². The molecule has 2 aromatic carbocycles. The van der Waals surface area contributed by atoms with E-state index in [-0.39, 0.29) is 17.9 Å². The minimum Gasteiger partial charge on any atom is -0.497 e. The third kappa shape index (κ3) is 3.70. The number of carbonyl (C=O) groups is 2. The number of fused-ring (bicyclic) bond motifs is 4. The summed E-state index contributed by atoms with van der Waals surface area (Å²) < 4.78 is 13.0. The van der Waals surface area contributed by atoms with Crippen LogP contribution in [0.15, 0.2) is 48.2 Å². The van der Waals surface area contributed by atoms with Crippen LogP contribution in [0.25, 0.3) is 10.9 Å². The van der Waals surface area contributed by atoms with Crippen molar-refractivity contribution in [3.05, 3.63) is 65.0 Å². The molecule has 4 heterocycles. The number of aromatic nitrogens is 2. The Morgan fingerprint density at radius 2 is 1.87 bits per heavy atom. The molecule has 0 aliphatic carbocycles. The van der Waals surface area contributed by atoms with E-state index in [1.165, 1.54) is 0 Å². The number of urea groups is 1. The van der Waals surface area contributed by atoms with Crippen LogP contribution in [0.3, 0.4) is 0 Å². The average molecular weight is 530 g/mol. The van der Waals surface area contributed by atoms with E-state index in [1.807, 2.05) is 65.1 Å². The Bertz CT molecular complexity index is 1500. The Balaban J connectivity index is 1.33. The first-order valence-electron chi connectivity index (χ1n) is 13.6. The molecule has 204 valence electrons. The lowest BCUT2D eigenvalue weighted by molar-refractivity contribution is 0.0571. The fraction of sp³-hybridized carbons (Fsp3) is 0.433. The molecule has 0 radical (unpaired) electrons. The predicted molar refractivity (Wildman–Crippen MR) is 148 cm³/mol. The summed E-state index contributed by atoms with van der Waals surface area (Å²) >= 11 is 0. The molecular weight excluding hydrogens is 494 g/mol. The van der Waals surface area contributed by atoms with Gasteiger partial charge in [0.15, 0.2) is 5.69 Å². The van der Waals surface area contributed by atoms with E-state index in [1.54, 1.807) is 18.9 Å². The molecule has 1 aromatic heterocycles. The number of hydrogen-bond acceptors (Lipinski definition) is 5. The Morgan fingerprint density at radius 3 is 2.56 bits per heavy atom. The van der Waals surface area contributed by atoms with Crippen molar-refractivity contribution in [1.29, 1.82) is 0 Å². The van der Waals surface area contributed by atoms with Crippen molar-refractivity contribution >= 4 is 22.8 Å². The molecule has 3 amide bonds. The highest BCUT2D eigenvalue weighted by Crippen LogP contribution is 2.49. The maximum absolute atomic E-state index is 13.9. The molecule has 1 unspecified atom stereocenters. The molecule has 9 nitrogen and oxygen atoms in total. The van der Waals surface area contributed by atoms with Crippen LogP contribution in [0.2, 0.25) is 0 Å². The number of allylic oxidation sites excluding steroid dienone is 1. The SMILES string of the molecule is CCN1C(=O)N2Cc3cc(OC)cc(OC)c3C(C)C=C2C12CCN(C(=O)c1nn(C)c3ccccc13)CC2. The van der Waals surface area contributed by atoms with Gasteiger partial charge in [-0.15, -0.1) is 0 Å². The van der Waals surface area contributed by atoms with Crippen molar-refractivity contribution in [2.45, 2.75) is 44.7 Å². The van der Waals surface area contributed by atoms with Gasteiger partial charge < -0.3 is 19.3 Å². The zero-order valence-electron chi connectivity index (χ0n) is 23.2. The highest BCUT2D eigenvalue weighted by atomic mass is 16.5. The summed E-state index contributed by atoms with van der Waals surface area (Å²) in [5.41, 5.74) is 4.12. The van der Waals surface area contributed by atoms with Gasteiger partial charge in [0, 0.05) is 55.3 Å². The van der Waals surface area contributed by atoms with Gasteiger partial charge in [-0.2, -0.15) is 5.10 Å². The minimum absolute atomic E-state index is 0.0149. The Morgan fingerprint density at radius 1 is 1.13 bits per heavy atom. The smallest absolute Gasteiger partial charge is 0.325 e. The normalized spacial score (nSPS) is 20.1. The zero-order valence-corrected chi connectivity index (χ0v) is 23.2. The molecule has 3 aliphatic rings. The second-order valence-corrected chi connectivity index (χ2v) is 10.7. The highest BCUT2D eigenvalue weighted by molar-refractivity contribution is 6.05. The maximum atomic E-state index is 13.9. The number of amides is 3. The summed E-state index contributed by atoms with van der Waals surface area (Å²) in [5, 5.41) is 5.42. The maximum Gasteiger partial charge on any atom is 0.325 e. The number of ether oxygens (including phenoxy) is 2. The standard InChI is InChI=1S/C30H35N5O4/c1-6-35-29(37)34-18-20-16-21(38-4)17-24(39-5)26(20)19(2)15-25(34)30(35)11-13-33(14-12-30)28(36)27-22-9-7-8-10-23(22)32(3)31-27/h7-10,15-17,19H,6,11-14,18H2,1-5H3. The molecule has 39 heavy (non-hydrogen) atoms. The van der Waals surface area contributed by atoms with E-state index >= 15 is 0 Å². The van der Waals surface area contributed by atoms with Crippen LogP contribution in [0.4, 0.5) is 4.79 Å². The number of aryl methyl sites for hydroxylation is 1. The minimum atomic E-state index is -0.456. The fourth-order valence-electron chi connectivity index (χ4n) is 6.87. The van der Waals surface area contributed by atoms with Gasteiger partial charge in [0.25, 0.3) is 5.91 Å². The summed E-state index contributed by atoms with van der Waals surface area (Å²) in [4.78, 5) is 33.3. The largest absolute Gasteiger partial charge is 0.497 e. The van der Waals surface area contributed by atoms with E-state index in [0.29, 0.717) is 50.5 Å². The number of para-hydroxylation sites is 1. The van der Waals surface area contributed by atoms with E-state index in [2.05, 4.69) is 18.1 Å². The Kier molecular flexibility index (Phi) is 6.04. The van der Waals surface area contributed by atoms with Crippen LogP contribution in [-0.4, -0.2) is 75.8 Å². The van der Waals surface area contributed by atoms with E-state index in [0.717, 1.165) is 33.5 Å². The summed E-state index contributed by atoms with van der Waals surface area (Å²) in [6.45, 7) is 6.36. The molecule has 0 bridgehead atoms. The highest BCUT2D eigenvalue weighted by Gasteiger charge is 2.55. The van der Waals surface area contributed by atoms with Gasteiger partial charge in [-0.1, -0.05) is 31.2 Å². The van der Waals surface area contributed by atoms with Gasteiger partial charge in [0.2, 0.25) is 0 Å². The van der Waals surface area contributed by atoms with Crippen LogP contribution in [0.5, 0.6) is 11.5 Å². The first-order chi connectivity index (χ1) is 18.8. The van der Waals surface area contributed by atoms with Gasteiger partial charge in [0.1, 0.15) is 11.5 Å². The summed E-state index contributed by atoms with van der Waals surface area (Å²) in [5.74, 6) is 1.47. The molecule has 1 spiro atoms. The molecule has 6 rings (SSSR count). The van der Waals surface area contributed by atoms with E-state index in [4.69, 9.17) is 9.47 Å². The number of nitrogens with zero attached hydrogens (tertiary/aromatic N) is 5. The zero-order chi connectivity index (χ0) is 27.5. The van der Waals surface area contributed by atoms with Crippen LogP contribution < -0.4 is 9.47 Å². The van der Waals surface area contributed by atoms with Gasteiger partial charge in [0.05, 0.1) is 31.8 Å².